The van der Waals surface area contributed by atoms with Gasteiger partial charge in [0, 0.05) is 18.8 Å². The van der Waals surface area contributed by atoms with Gasteiger partial charge in [-0.3, -0.25) is 4.90 Å². The summed E-state index contributed by atoms with van der Waals surface area (Å²) in [4.78, 5) is 10.7. The van der Waals surface area contributed by atoms with Crippen LogP contribution in [0.3, 0.4) is 0 Å². The number of β-amino-alcohol motifs (C(OH)–C–C–N with tert-alkyl or cyclic N) is 1. The zero-order chi connectivity index (χ0) is 15.5. The van der Waals surface area contributed by atoms with E-state index in [2.05, 4.69) is 20.9 Å². The largest absolute Gasteiger partial charge is 0.497 e. The standard InChI is InChI=1S/C16H20N4O2/c1-22-13-4-2-3-11(7-13)14-8-12(21)9-20(14)10-16-18-6-5-15(17)19-16/h2-7,12,14,21H,8-10H2,1H3,(H2,17,18,19)/t12-,14-/m1/s1. The fourth-order valence-corrected chi connectivity index (χ4v) is 2.92. The summed E-state index contributed by atoms with van der Waals surface area (Å²) in [5.41, 5.74) is 6.83. The van der Waals surface area contributed by atoms with Gasteiger partial charge in [-0.2, -0.15) is 0 Å². The third kappa shape index (κ3) is 3.18. The lowest BCUT2D eigenvalue weighted by Gasteiger charge is -2.24. The van der Waals surface area contributed by atoms with Crippen molar-refractivity contribution in [2.45, 2.75) is 25.1 Å². The highest BCUT2D eigenvalue weighted by atomic mass is 16.5. The predicted molar refractivity (Wildman–Crippen MR) is 83.2 cm³/mol. The number of nitrogens with two attached hydrogens (primary N) is 1. The molecular weight excluding hydrogens is 280 g/mol. The number of aliphatic hydroxyl groups is 1. The van der Waals surface area contributed by atoms with Crippen LogP contribution in [0.5, 0.6) is 5.75 Å². The summed E-state index contributed by atoms with van der Waals surface area (Å²) in [5, 5.41) is 10.1. The van der Waals surface area contributed by atoms with Gasteiger partial charge in [-0.05, 0) is 30.2 Å². The molecule has 0 saturated carbocycles. The van der Waals surface area contributed by atoms with Crippen molar-refractivity contribution in [3.63, 3.8) is 0 Å². The van der Waals surface area contributed by atoms with E-state index in [0.717, 1.165) is 11.3 Å². The Morgan fingerprint density at radius 2 is 2.27 bits per heavy atom. The Morgan fingerprint density at radius 3 is 3.05 bits per heavy atom. The SMILES string of the molecule is COc1cccc([C@H]2C[C@@H](O)CN2Cc2nccc(N)n2)c1. The van der Waals surface area contributed by atoms with Crippen LogP contribution < -0.4 is 10.5 Å². The summed E-state index contributed by atoms with van der Waals surface area (Å²) < 4.78 is 5.29. The van der Waals surface area contributed by atoms with Crippen LogP contribution >= 0.6 is 0 Å². The molecule has 0 unspecified atom stereocenters. The maximum Gasteiger partial charge on any atom is 0.144 e. The predicted octanol–water partition coefficient (Wildman–Crippen LogP) is 1.38. The van der Waals surface area contributed by atoms with Crippen molar-refractivity contribution in [3.05, 3.63) is 47.9 Å². The number of benzene rings is 1. The summed E-state index contributed by atoms with van der Waals surface area (Å²) in [5.74, 6) is 1.95. The minimum absolute atomic E-state index is 0.120. The van der Waals surface area contributed by atoms with Gasteiger partial charge < -0.3 is 15.6 Å². The molecule has 0 bridgehead atoms. The molecule has 2 aromatic rings. The van der Waals surface area contributed by atoms with Crippen LogP contribution in [-0.2, 0) is 6.54 Å². The Balaban J connectivity index is 1.82. The number of aliphatic hydroxyl groups excluding tert-OH is 1. The maximum absolute atomic E-state index is 10.1. The van der Waals surface area contributed by atoms with E-state index in [1.54, 1.807) is 19.4 Å². The zero-order valence-corrected chi connectivity index (χ0v) is 12.5. The monoisotopic (exact) mass is 300 g/mol. The number of anilines is 1. The Hall–Kier alpha value is -2.18. The van der Waals surface area contributed by atoms with Gasteiger partial charge in [0.1, 0.15) is 17.4 Å². The highest BCUT2D eigenvalue weighted by Gasteiger charge is 2.32. The summed E-state index contributed by atoms with van der Waals surface area (Å²) in [6.45, 7) is 1.16. The van der Waals surface area contributed by atoms with Crippen LogP contribution in [0.2, 0.25) is 0 Å². The second-order valence-electron chi connectivity index (χ2n) is 5.51. The minimum Gasteiger partial charge on any atom is -0.497 e. The van der Waals surface area contributed by atoms with E-state index in [4.69, 9.17) is 10.5 Å². The average Bonchev–Trinajstić information content (AvgIpc) is 2.88. The van der Waals surface area contributed by atoms with Gasteiger partial charge in [-0.15, -0.1) is 0 Å². The Bertz CT molecular complexity index is 650. The van der Waals surface area contributed by atoms with Crippen LogP contribution in [0.25, 0.3) is 0 Å². The molecule has 2 heterocycles. The van der Waals surface area contributed by atoms with Gasteiger partial charge in [0.25, 0.3) is 0 Å². The molecule has 2 atom stereocenters. The van der Waals surface area contributed by atoms with Crippen LogP contribution in [0.1, 0.15) is 23.9 Å². The molecule has 116 valence electrons. The molecule has 0 amide bonds. The van der Waals surface area contributed by atoms with Crippen molar-refractivity contribution in [1.29, 1.82) is 0 Å². The van der Waals surface area contributed by atoms with Gasteiger partial charge in [0.15, 0.2) is 0 Å². The molecule has 22 heavy (non-hydrogen) atoms. The molecule has 6 heteroatoms. The van der Waals surface area contributed by atoms with E-state index in [0.29, 0.717) is 31.2 Å². The first-order valence-electron chi connectivity index (χ1n) is 7.29. The van der Waals surface area contributed by atoms with Crippen LogP contribution in [0.15, 0.2) is 36.5 Å². The summed E-state index contributed by atoms with van der Waals surface area (Å²) >= 11 is 0. The fraction of sp³-hybridized carbons (Fsp3) is 0.375. The summed E-state index contributed by atoms with van der Waals surface area (Å²) in [6.07, 6.45) is 2.00. The molecule has 1 aromatic heterocycles. The first-order chi connectivity index (χ1) is 10.7. The third-order valence-corrected chi connectivity index (χ3v) is 3.93. The third-order valence-electron chi connectivity index (χ3n) is 3.93. The van der Waals surface area contributed by atoms with Crippen LogP contribution in [-0.4, -0.2) is 39.7 Å². The van der Waals surface area contributed by atoms with Gasteiger partial charge in [-0.25, -0.2) is 9.97 Å². The number of rotatable bonds is 4. The van der Waals surface area contributed by atoms with Crippen molar-refractivity contribution in [2.24, 2.45) is 0 Å². The molecule has 0 radical (unpaired) electrons. The number of hydrogen-bond acceptors (Lipinski definition) is 6. The molecule has 0 spiro atoms. The molecule has 3 rings (SSSR count). The number of methoxy groups -OCH3 is 1. The lowest BCUT2D eigenvalue weighted by atomic mass is 10.0. The lowest BCUT2D eigenvalue weighted by Crippen LogP contribution is -2.25. The van der Waals surface area contributed by atoms with E-state index in [9.17, 15) is 5.11 Å². The maximum atomic E-state index is 10.1. The quantitative estimate of drug-likeness (QED) is 0.887. The molecule has 1 aliphatic rings. The molecule has 1 saturated heterocycles. The molecule has 0 aliphatic carbocycles. The van der Waals surface area contributed by atoms with E-state index < -0.39 is 0 Å². The number of hydrogen-bond donors (Lipinski definition) is 2. The van der Waals surface area contributed by atoms with Crippen molar-refractivity contribution in [3.8, 4) is 5.75 Å². The molecule has 6 nitrogen and oxygen atoms in total. The molecule has 1 fully saturated rings. The minimum atomic E-state index is -0.350. The van der Waals surface area contributed by atoms with E-state index in [1.807, 2.05) is 18.2 Å². The highest BCUT2D eigenvalue weighted by Crippen LogP contribution is 2.34. The van der Waals surface area contributed by atoms with Gasteiger partial charge in [0.05, 0.1) is 19.8 Å². The van der Waals surface area contributed by atoms with Crippen molar-refractivity contribution >= 4 is 5.82 Å². The topological polar surface area (TPSA) is 84.5 Å². The molecule has 1 aliphatic heterocycles. The summed E-state index contributed by atoms with van der Waals surface area (Å²) in [7, 11) is 1.65. The number of ether oxygens (including phenoxy) is 1. The Labute approximate surface area is 129 Å². The van der Waals surface area contributed by atoms with Crippen molar-refractivity contribution in [1.82, 2.24) is 14.9 Å². The van der Waals surface area contributed by atoms with Crippen molar-refractivity contribution in [2.75, 3.05) is 19.4 Å². The fourth-order valence-electron chi connectivity index (χ4n) is 2.92. The van der Waals surface area contributed by atoms with Gasteiger partial charge >= 0.3 is 0 Å². The first kappa shape index (κ1) is 14.7. The second kappa shape index (κ2) is 6.29. The first-order valence-corrected chi connectivity index (χ1v) is 7.29. The number of likely N-dealkylation sites (tertiary alicyclic amines) is 1. The van der Waals surface area contributed by atoms with Crippen LogP contribution in [0, 0.1) is 0 Å². The van der Waals surface area contributed by atoms with E-state index >= 15 is 0 Å². The number of aromatic nitrogens is 2. The Kier molecular flexibility index (Phi) is 4.22. The normalized spacial score (nSPS) is 21.9. The van der Waals surface area contributed by atoms with Gasteiger partial charge in [0.2, 0.25) is 0 Å². The smallest absolute Gasteiger partial charge is 0.144 e. The van der Waals surface area contributed by atoms with Crippen LogP contribution in [0.4, 0.5) is 5.82 Å². The molecular formula is C16H20N4O2. The Morgan fingerprint density at radius 1 is 1.41 bits per heavy atom. The number of nitrogens with zero attached hydrogens (tertiary/aromatic N) is 3. The molecule has 3 N–H and O–H groups in total. The second-order valence-corrected chi connectivity index (χ2v) is 5.51. The average molecular weight is 300 g/mol. The van der Waals surface area contributed by atoms with E-state index in [1.165, 1.54) is 0 Å². The summed E-state index contributed by atoms with van der Waals surface area (Å²) in [6, 6.07) is 9.74. The van der Waals surface area contributed by atoms with Gasteiger partial charge in [-0.1, -0.05) is 12.1 Å². The van der Waals surface area contributed by atoms with E-state index in [-0.39, 0.29) is 12.1 Å². The number of nitrogen functional groups attached to an aromatic ring is 1. The molecule has 1 aromatic carbocycles. The zero-order valence-electron chi connectivity index (χ0n) is 12.5. The highest BCUT2D eigenvalue weighted by molar-refractivity contribution is 5.31. The van der Waals surface area contributed by atoms with Crippen molar-refractivity contribution < 1.29 is 9.84 Å². The lowest BCUT2D eigenvalue weighted by molar-refractivity contribution is 0.171.